The maximum absolute atomic E-state index is 11.6. The number of fused-ring (bicyclic) bond motifs is 1. The van der Waals surface area contributed by atoms with Crippen molar-refractivity contribution in [3.63, 3.8) is 0 Å². The predicted molar refractivity (Wildman–Crippen MR) is 114 cm³/mol. The van der Waals surface area contributed by atoms with Crippen molar-refractivity contribution in [3.8, 4) is 11.1 Å². The van der Waals surface area contributed by atoms with Crippen molar-refractivity contribution in [2.24, 2.45) is 10.7 Å². The number of rotatable bonds is 5. The smallest absolute Gasteiger partial charge is 0.270 e. The molecule has 1 aromatic heterocycles. The van der Waals surface area contributed by atoms with E-state index in [-0.39, 0.29) is 10.9 Å². The number of nitrogens with zero attached hydrogens (tertiary/aromatic N) is 3. The molecule has 1 heterocycles. The summed E-state index contributed by atoms with van der Waals surface area (Å²) < 4.78 is 13.5. The highest BCUT2D eigenvalue weighted by atomic mass is 32.2. The van der Waals surface area contributed by atoms with Gasteiger partial charge in [0.15, 0.2) is 5.17 Å². The zero-order valence-corrected chi connectivity index (χ0v) is 16.3. The van der Waals surface area contributed by atoms with Gasteiger partial charge in [0.1, 0.15) is 5.82 Å². The van der Waals surface area contributed by atoms with E-state index < -0.39 is 15.7 Å². The predicted octanol–water partition coefficient (Wildman–Crippen LogP) is 4.12. The van der Waals surface area contributed by atoms with Crippen LogP contribution in [-0.2, 0) is 10.8 Å². The van der Waals surface area contributed by atoms with Crippen LogP contribution in [0.15, 0.2) is 65.8 Å². The summed E-state index contributed by atoms with van der Waals surface area (Å²) >= 11 is 0. The number of allylic oxidation sites excluding steroid dienone is 1. The minimum absolute atomic E-state index is 0.0438. The third-order valence-corrected chi connectivity index (χ3v) is 4.92. The number of nitrogens with two attached hydrogens (primary N) is 1. The van der Waals surface area contributed by atoms with Crippen molar-refractivity contribution >= 4 is 38.4 Å². The largest absolute Gasteiger partial charge is 0.376 e. The molecule has 0 radical (unpaired) electrons. The fraction of sp³-hybridized carbons (Fsp3) is 0.150. The van der Waals surface area contributed by atoms with Gasteiger partial charge in [-0.05, 0) is 35.8 Å². The summed E-state index contributed by atoms with van der Waals surface area (Å²) in [5.41, 5.74) is 8.32. The van der Waals surface area contributed by atoms with Gasteiger partial charge in [0, 0.05) is 30.0 Å². The highest BCUT2D eigenvalue weighted by Gasteiger charge is 2.11. The lowest BCUT2D eigenvalue weighted by atomic mass is 10.0. The Bertz CT molecular complexity index is 1130. The molecular weight excluding hydrogens is 376 g/mol. The number of aliphatic imine (C=N–C) groups is 1. The van der Waals surface area contributed by atoms with E-state index >= 15 is 0 Å². The molecule has 2 aromatic carbocycles. The molecule has 0 saturated heterocycles. The van der Waals surface area contributed by atoms with Crippen LogP contribution < -0.4 is 5.73 Å². The van der Waals surface area contributed by atoms with Crippen molar-refractivity contribution in [3.05, 3.63) is 70.9 Å². The second-order valence-electron chi connectivity index (χ2n) is 6.14. The van der Waals surface area contributed by atoms with E-state index in [1.807, 2.05) is 54.1 Å². The van der Waals surface area contributed by atoms with Crippen LogP contribution >= 0.6 is 0 Å². The maximum Gasteiger partial charge on any atom is 0.270 e. The molecule has 1 atom stereocenters. The van der Waals surface area contributed by atoms with E-state index in [0.29, 0.717) is 5.82 Å². The molecule has 0 fully saturated rings. The summed E-state index contributed by atoms with van der Waals surface area (Å²) in [5.74, 6) is 0.585. The van der Waals surface area contributed by atoms with E-state index in [0.717, 1.165) is 28.5 Å². The first-order valence-electron chi connectivity index (χ1n) is 8.64. The number of non-ortho nitro benzene ring substituents is 1. The Morgan fingerprint density at radius 3 is 2.68 bits per heavy atom. The molecule has 0 saturated carbocycles. The normalized spacial score (nSPS) is 13.6. The van der Waals surface area contributed by atoms with Gasteiger partial charge in [-0.1, -0.05) is 31.2 Å². The van der Waals surface area contributed by atoms with Gasteiger partial charge in [0.05, 0.1) is 21.2 Å². The third-order valence-electron chi connectivity index (χ3n) is 4.24. The Balaban J connectivity index is 2.14. The number of nitro groups is 1. The molecule has 2 N–H and O–H groups in total. The molecule has 7 nitrogen and oxygen atoms in total. The number of hydrogen-bond donors (Lipinski definition) is 1. The first-order chi connectivity index (χ1) is 13.4. The Morgan fingerprint density at radius 1 is 1.25 bits per heavy atom. The molecule has 0 aliphatic carbocycles. The summed E-state index contributed by atoms with van der Waals surface area (Å²) in [6.45, 7) is 1.98. The second kappa shape index (κ2) is 8.18. The van der Waals surface area contributed by atoms with Crippen molar-refractivity contribution in [1.29, 1.82) is 0 Å². The van der Waals surface area contributed by atoms with Crippen LogP contribution in [0.2, 0.25) is 0 Å². The van der Waals surface area contributed by atoms with Gasteiger partial charge in [0.25, 0.3) is 5.69 Å². The molecule has 3 aromatic rings. The zero-order chi connectivity index (χ0) is 20.3. The number of aromatic nitrogens is 1. The molecule has 28 heavy (non-hydrogen) atoms. The molecule has 0 amide bonds. The van der Waals surface area contributed by atoms with Gasteiger partial charge in [-0.15, -0.1) is 0 Å². The molecule has 8 heteroatoms. The third kappa shape index (κ3) is 4.01. The van der Waals surface area contributed by atoms with Crippen molar-refractivity contribution in [1.82, 2.24) is 4.57 Å². The summed E-state index contributed by atoms with van der Waals surface area (Å²) in [4.78, 5) is 15.0. The highest BCUT2D eigenvalue weighted by molar-refractivity contribution is 7.99. The molecule has 144 valence electrons. The molecule has 0 spiro atoms. The van der Waals surface area contributed by atoms with Crippen LogP contribution in [-0.4, -0.2) is 25.1 Å². The topological polar surface area (TPSA) is 104 Å². The van der Waals surface area contributed by atoms with Crippen molar-refractivity contribution in [2.75, 3.05) is 6.26 Å². The Labute approximate surface area is 164 Å². The lowest BCUT2D eigenvalue weighted by Gasteiger charge is -2.09. The van der Waals surface area contributed by atoms with E-state index in [2.05, 4.69) is 4.99 Å². The van der Waals surface area contributed by atoms with Gasteiger partial charge < -0.3 is 10.3 Å². The van der Waals surface area contributed by atoms with Gasteiger partial charge in [-0.3, -0.25) is 14.3 Å². The average molecular weight is 396 g/mol. The molecule has 0 bridgehead atoms. The first kappa shape index (κ1) is 19.5. The van der Waals surface area contributed by atoms with Gasteiger partial charge in [-0.2, -0.15) is 0 Å². The van der Waals surface area contributed by atoms with Crippen LogP contribution in [0.3, 0.4) is 0 Å². The fourth-order valence-electron chi connectivity index (χ4n) is 2.86. The van der Waals surface area contributed by atoms with E-state index in [1.54, 1.807) is 12.1 Å². The Kier molecular flexibility index (Phi) is 5.70. The molecule has 0 aliphatic rings. The SMILES string of the molecule is CC/C=C(\N=C(/N)S(C)=O)n1ccc2ccc(-c3cccc([N+](=O)[O-])c3)cc21. The van der Waals surface area contributed by atoms with Gasteiger partial charge in [0.2, 0.25) is 0 Å². The second-order valence-corrected chi connectivity index (χ2v) is 7.47. The number of nitro benzene ring substituents is 1. The molecule has 0 aliphatic heterocycles. The summed E-state index contributed by atoms with van der Waals surface area (Å²) in [5, 5.41) is 12.1. The minimum Gasteiger partial charge on any atom is -0.376 e. The summed E-state index contributed by atoms with van der Waals surface area (Å²) in [7, 11) is -1.36. The number of amidine groups is 1. The Hall–Kier alpha value is -3.26. The van der Waals surface area contributed by atoms with Crippen LogP contribution in [0.25, 0.3) is 27.9 Å². The average Bonchev–Trinajstić information content (AvgIpc) is 3.10. The van der Waals surface area contributed by atoms with Crippen molar-refractivity contribution in [2.45, 2.75) is 13.3 Å². The van der Waals surface area contributed by atoms with Crippen LogP contribution in [0, 0.1) is 10.1 Å². The Morgan fingerprint density at radius 2 is 2.00 bits per heavy atom. The van der Waals surface area contributed by atoms with Gasteiger partial charge >= 0.3 is 0 Å². The van der Waals surface area contributed by atoms with E-state index in [4.69, 9.17) is 5.73 Å². The molecule has 1 unspecified atom stereocenters. The highest BCUT2D eigenvalue weighted by Crippen LogP contribution is 2.29. The summed E-state index contributed by atoms with van der Waals surface area (Å²) in [6.07, 6.45) is 5.99. The van der Waals surface area contributed by atoms with Crippen LogP contribution in [0.1, 0.15) is 13.3 Å². The van der Waals surface area contributed by atoms with Crippen LogP contribution in [0.4, 0.5) is 5.69 Å². The van der Waals surface area contributed by atoms with E-state index in [1.165, 1.54) is 12.3 Å². The minimum atomic E-state index is -1.36. The van der Waals surface area contributed by atoms with Gasteiger partial charge in [-0.25, -0.2) is 4.99 Å². The van der Waals surface area contributed by atoms with Crippen LogP contribution in [0.5, 0.6) is 0 Å². The van der Waals surface area contributed by atoms with E-state index in [9.17, 15) is 14.3 Å². The number of benzene rings is 2. The monoisotopic (exact) mass is 396 g/mol. The number of hydrogen-bond acceptors (Lipinski definition) is 4. The lowest BCUT2D eigenvalue weighted by molar-refractivity contribution is -0.384. The zero-order valence-electron chi connectivity index (χ0n) is 15.5. The standard InChI is InChI=1S/C20H20N4O3S/c1-3-5-19(22-20(21)28(2)27)23-11-10-14-8-9-16(13-18(14)23)15-6-4-7-17(12-15)24(25)26/h4-13H,3H2,1-2H3,(H2,21,22)/b19-5+. The fourth-order valence-corrected chi connectivity index (χ4v) is 3.09. The maximum atomic E-state index is 11.6. The molecule has 3 rings (SSSR count). The quantitative estimate of drug-likeness (QED) is 0.303. The molecular formula is C20H20N4O3S. The lowest BCUT2D eigenvalue weighted by Crippen LogP contribution is -2.17. The summed E-state index contributed by atoms with van der Waals surface area (Å²) in [6, 6.07) is 14.3. The van der Waals surface area contributed by atoms with Crippen molar-refractivity contribution < 1.29 is 9.13 Å². The first-order valence-corrected chi connectivity index (χ1v) is 10.2.